The Morgan fingerprint density at radius 2 is 2.03 bits per heavy atom. The SMILES string of the molecule is [2H]C1=NC(=NCc2ccccc2F)C(=C(N)c2nc(N)c(N(C(=O)OC)C([2H])([2H])[2H])c(N)n2)C([2H])=C1[2H]. The van der Waals surface area contributed by atoms with Crippen molar-refractivity contribution >= 4 is 41.1 Å². The summed E-state index contributed by atoms with van der Waals surface area (Å²) in [4.78, 5) is 28.2. The van der Waals surface area contributed by atoms with Crippen LogP contribution in [-0.4, -0.2) is 42.2 Å². The van der Waals surface area contributed by atoms with Crippen LogP contribution >= 0.6 is 0 Å². The quantitative estimate of drug-likeness (QED) is 0.668. The van der Waals surface area contributed by atoms with Gasteiger partial charge < -0.3 is 21.9 Å². The van der Waals surface area contributed by atoms with Crippen LogP contribution in [0.3, 0.4) is 0 Å². The van der Waals surface area contributed by atoms with Crippen LogP contribution in [0.1, 0.15) is 19.6 Å². The van der Waals surface area contributed by atoms with E-state index in [2.05, 4.69) is 24.7 Å². The minimum atomic E-state index is -3.06. The molecule has 0 bridgehead atoms. The summed E-state index contributed by atoms with van der Waals surface area (Å²) in [6.45, 7) is -3.29. The molecule has 2 aromatic rings. The molecular weight excluding hydrogens is 403 g/mol. The zero-order valence-electron chi connectivity index (χ0n) is 22.2. The van der Waals surface area contributed by atoms with Gasteiger partial charge in [-0.1, -0.05) is 18.2 Å². The van der Waals surface area contributed by atoms with Crippen molar-refractivity contribution in [1.29, 1.82) is 0 Å². The summed E-state index contributed by atoms with van der Waals surface area (Å²) in [5.74, 6) is -2.32. The molecular formula is C20H21FN8O2. The first-order valence-corrected chi connectivity index (χ1v) is 8.60. The summed E-state index contributed by atoms with van der Waals surface area (Å²) in [7, 11) is 0.956. The number of hydrogen-bond donors (Lipinski definition) is 3. The standard InChI is InChI=1S/C20H21FN8O2/c1-29(20(30)31-2)15-16(23)27-19(28-17(15)24)14(22)12-7-5-9-25-18(12)26-10-11-6-3-4-8-13(11)21/h3-9H,10,22H2,1-2H3,(H4,23,24,27,28)/i1D3,5D,7D,9D. The van der Waals surface area contributed by atoms with Gasteiger partial charge in [0.15, 0.2) is 23.3 Å². The van der Waals surface area contributed by atoms with Gasteiger partial charge in [-0.25, -0.2) is 24.1 Å². The molecule has 6 N–H and O–H groups in total. The molecule has 0 unspecified atom stereocenters. The van der Waals surface area contributed by atoms with Gasteiger partial charge in [0.2, 0.25) is 0 Å². The molecule has 0 saturated heterocycles. The van der Waals surface area contributed by atoms with Crippen LogP contribution in [0, 0.1) is 5.82 Å². The highest BCUT2D eigenvalue weighted by Crippen LogP contribution is 2.29. The second-order valence-electron chi connectivity index (χ2n) is 5.97. The molecule has 11 heteroatoms. The number of ether oxygens (including phenoxy) is 1. The van der Waals surface area contributed by atoms with E-state index in [0.717, 1.165) is 7.11 Å². The zero-order valence-corrected chi connectivity index (χ0v) is 16.2. The van der Waals surface area contributed by atoms with E-state index in [4.69, 9.17) is 25.4 Å². The Bertz CT molecular complexity index is 1370. The fourth-order valence-corrected chi connectivity index (χ4v) is 2.51. The number of allylic oxidation sites excluding steroid dienone is 1. The van der Waals surface area contributed by atoms with Gasteiger partial charge in [-0.15, -0.1) is 0 Å². The van der Waals surface area contributed by atoms with E-state index in [1.54, 1.807) is 6.07 Å². The van der Waals surface area contributed by atoms with Crippen LogP contribution in [0.4, 0.5) is 26.5 Å². The maximum atomic E-state index is 14.1. The Morgan fingerprint density at radius 1 is 1.32 bits per heavy atom. The monoisotopic (exact) mass is 430 g/mol. The number of anilines is 3. The number of nitrogen functional groups attached to an aromatic ring is 2. The highest BCUT2D eigenvalue weighted by molar-refractivity contribution is 6.13. The van der Waals surface area contributed by atoms with E-state index in [9.17, 15) is 9.18 Å². The number of benzene rings is 1. The average molecular weight is 430 g/mol. The second kappa shape index (κ2) is 9.03. The Hall–Kier alpha value is -4.28. The van der Waals surface area contributed by atoms with E-state index in [1.165, 1.54) is 18.2 Å². The topological polar surface area (TPSA) is 158 Å². The van der Waals surface area contributed by atoms with E-state index in [1.807, 2.05) is 0 Å². The Balaban J connectivity index is 2.18. The van der Waals surface area contributed by atoms with Crippen LogP contribution in [0.2, 0.25) is 0 Å². The predicted molar refractivity (Wildman–Crippen MR) is 118 cm³/mol. The van der Waals surface area contributed by atoms with Crippen molar-refractivity contribution in [3.8, 4) is 0 Å². The molecule has 0 saturated carbocycles. The number of dihydropyridines is 1. The van der Waals surface area contributed by atoms with Crippen LogP contribution in [0.25, 0.3) is 5.70 Å². The number of amides is 1. The molecule has 10 nitrogen and oxygen atoms in total. The maximum Gasteiger partial charge on any atom is 0.413 e. The molecule has 31 heavy (non-hydrogen) atoms. The Morgan fingerprint density at radius 3 is 2.68 bits per heavy atom. The van der Waals surface area contributed by atoms with Crippen molar-refractivity contribution in [2.75, 3.05) is 30.5 Å². The van der Waals surface area contributed by atoms with Gasteiger partial charge in [-0.2, -0.15) is 0 Å². The molecule has 0 atom stereocenters. The molecule has 1 aliphatic rings. The van der Waals surface area contributed by atoms with Gasteiger partial charge in [0.05, 0.1) is 23.5 Å². The van der Waals surface area contributed by atoms with Crippen LogP contribution in [0.5, 0.6) is 0 Å². The van der Waals surface area contributed by atoms with E-state index in [0.29, 0.717) is 0 Å². The van der Waals surface area contributed by atoms with E-state index < -0.39 is 60.3 Å². The molecule has 0 radical (unpaired) electrons. The smallest absolute Gasteiger partial charge is 0.413 e. The number of carbonyl (C=O) groups excluding carboxylic acids is 1. The van der Waals surface area contributed by atoms with Crippen molar-refractivity contribution in [2.45, 2.75) is 6.54 Å². The van der Waals surface area contributed by atoms with Gasteiger partial charge >= 0.3 is 6.09 Å². The fraction of sp³-hybridized carbons (Fsp3) is 0.150. The summed E-state index contributed by atoms with van der Waals surface area (Å²) in [6.07, 6.45) is -1.88. The first kappa shape index (κ1) is 14.7. The number of carbonyl (C=O) groups is 1. The molecule has 0 aliphatic carbocycles. The first-order chi connectivity index (χ1) is 17.3. The van der Waals surface area contributed by atoms with Crippen molar-refractivity contribution in [3.05, 3.63) is 59.1 Å². The van der Waals surface area contributed by atoms with Gasteiger partial charge in [-0.05, 0) is 18.2 Å². The number of rotatable bonds is 4. The second-order valence-corrected chi connectivity index (χ2v) is 5.97. The van der Waals surface area contributed by atoms with Crippen molar-refractivity contribution in [1.82, 2.24) is 9.97 Å². The molecule has 1 amide bonds. The van der Waals surface area contributed by atoms with E-state index >= 15 is 0 Å². The maximum absolute atomic E-state index is 14.1. The Kier molecular flexibility index (Phi) is 4.27. The summed E-state index contributed by atoms with van der Waals surface area (Å²) in [5.41, 5.74) is 17.0. The minimum absolute atomic E-state index is 0.196. The molecule has 1 aromatic heterocycles. The van der Waals surface area contributed by atoms with Crippen LogP contribution < -0.4 is 22.1 Å². The number of amidine groups is 1. The van der Waals surface area contributed by atoms with Crippen LogP contribution in [0.15, 0.2) is 51.9 Å². The predicted octanol–water partition coefficient (Wildman–Crippen LogP) is 1.89. The fourth-order valence-electron chi connectivity index (χ4n) is 2.51. The van der Waals surface area contributed by atoms with Crippen molar-refractivity contribution in [3.63, 3.8) is 0 Å². The third-order valence-electron chi connectivity index (χ3n) is 4.01. The number of nitrogens with zero attached hydrogens (tertiary/aromatic N) is 5. The van der Waals surface area contributed by atoms with E-state index in [-0.39, 0.29) is 34.1 Å². The lowest BCUT2D eigenvalue weighted by atomic mass is 10.1. The molecule has 2 heterocycles. The number of methoxy groups -OCH3 is 1. The molecule has 0 spiro atoms. The third kappa shape index (κ3) is 4.50. The lowest BCUT2D eigenvalue weighted by molar-refractivity contribution is 0.180. The number of nitrogens with two attached hydrogens (primary N) is 3. The molecule has 160 valence electrons. The Labute approximate surface area is 186 Å². The summed E-state index contributed by atoms with van der Waals surface area (Å²) in [6, 6.07) is 4.67. The van der Waals surface area contributed by atoms with Crippen LogP contribution in [-0.2, 0) is 11.3 Å². The largest absolute Gasteiger partial charge is 0.452 e. The summed E-state index contributed by atoms with van der Waals surface area (Å²) < 4.78 is 65.5. The van der Waals surface area contributed by atoms with Crippen molar-refractivity contribution < 1.29 is 22.1 Å². The summed E-state index contributed by atoms with van der Waals surface area (Å²) >= 11 is 0. The average Bonchev–Trinajstić information content (AvgIpc) is 2.82. The number of aliphatic imine (C=N–C) groups is 2. The molecule has 0 fully saturated rings. The normalized spacial score (nSPS) is 19.9. The molecule has 1 aliphatic heterocycles. The zero-order chi connectivity index (χ0) is 27.7. The highest BCUT2D eigenvalue weighted by Gasteiger charge is 2.22. The number of hydrogen-bond acceptors (Lipinski definition) is 8. The first-order valence-electron chi connectivity index (χ1n) is 11.6. The third-order valence-corrected chi connectivity index (χ3v) is 4.01. The molecule has 1 aromatic carbocycles. The minimum Gasteiger partial charge on any atom is -0.452 e. The lowest BCUT2D eigenvalue weighted by Gasteiger charge is -2.19. The van der Waals surface area contributed by atoms with Gasteiger partial charge in [0.1, 0.15) is 11.5 Å². The van der Waals surface area contributed by atoms with Gasteiger partial charge in [0.25, 0.3) is 0 Å². The van der Waals surface area contributed by atoms with Gasteiger partial charge in [-0.3, -0.25) is 9.89 Å². The number of halogens is 1. The number of aromatic nitrogens is 2. The van der Waals surface area contributed by atoms with Gasteiger partial charge in [0, 0.05) is 28.4 Å². The summed E-state index contributed by atoms with van der Waals surface area (Å²) in [5, 5.41) is 0. The highest BCUT2D eigenvalue weighted by atomic mass is 19.1. The van der Waals surface area contributed by atoms with Crippen molar-refractivity contribution in [2.24, 2.45) is 15.7 Å². The molecule has 3 rings (SSSR count). The lowest BCUT2D eigenvalue weighted by Crippen LogP contribution is -2.28.